The first-order valence-electron chi connectivity index (χ1n) is 8.63. The van der Waals surface area contributed by atoms with E-state index < -0.39 is 11.4 Å². The van der Waals surface area contributed by atoms with E-state index in [4.69, 9.17) is 9.15 Å². The first-order chi connectivity index (χ1) is 11.9. The summed E-state index contributed by atoms with van der Waals surface area (Å²) >= 11 is 0. The average Bonchev–Trinajstić information content (AvgIpc) is 2.96. The van der Waals surface area contributed by atoms with Crippen LogP contribution in [0.25, 0.3) is 11.0 Å². The molecule has 1 aromatic carbocycles. The van der Waals surface area contributed by atoms with Crippen LogP contribution in [0.3, 0.4) is 0 Å². The fourth-order valence-electron chi connectivity index (χ4n) is 3.28. The molecule has 1 aliphatic rings. The standard InChI is InChI=1S/C19H23NO5/c1-3-24-14-7-4-6-13-10-15(25-17(13)14)12(2)20-16(21)11-19(18(22)23)8-5-9-19/h4,6-7,10,12H,3,5,8-9,11H2,1-2H3,(H,20,21)(H,22,23). The molecule has 1 heterocycles. The number of rotatable bonds is 7. The quantitative estimate of drug-likeness (QED) is 0.799. The van der Waals surface area contributed by atoms with Crippen LogP contribution in [-0.4, -0.2) is 23.6 Å². The molecule has 1 amide bonds. The normalized spacial score (nSPS) is 16.9. The van der Waals surface area contributed by atoms with Crippen LogP contribution in [0.15, 0.2) is 28.7 Å². The fourth-order valence-corrected chi connectivity index (χ4v) is 3.28. The number of hydrogen-bond acceptors (Lipinski definition) is 4. The van der Waals surface area contributed by atoms with Crippen LogP contribution in [0.4, 0.5) is 0 Å². The van der Waals surface area contributed by atoms with Gasteiger partial charge in [-0.25, -0.2) is 0 Å². The Hall–Kier alpha value is -2.50. The lowest BCUT2D eigenvalue weighted by Crippen LogP contribution is -2.42. The molecule has 1 atom stereocenters. The van der Waals surface area contributed by atoms with E-state index in [1.54, 1.807) is 0 Å². The Labute approximate surface area is 146 Å². The van der Waals surface area contributed by atoms with Crippen LogP contribution in [-0.2, 0) is 9.59 Å². The third kappa shape index (κ3) is 3.34. The van der Waals surface area contributed by atoms with E-state index in [1.807, 2.05) is 38.1 Å². The van der Waals surface area contributed by atoms with E-state index in [2.05, 4.69) is 5.32 Å². The van der Waals surface area contributed by atoms with Crippen molar-refractivity contribution in [3.8, 4) is 5.75 Å². The van der Waals surface area contributed by atoms with E-state index >= 15 is 0 Å². The summed E-state index contributed by atoms with van der Waals surface area (Å²) in [6.07, 6.45) is 2.00. The summed E-state index contributed by atoms with van der Waals surface area (Å²) in [7, 11) is 0. The summed E-state index contributed by atoms with van der Waals surface area (Å²) in [5.74, 6) is 0.143. The molecular weight excluding hydrogens is 322 g/mol. The van der Waals surface area contributed by atoms with Crippen molar-refractivity contribution >= 4 is 22.8 Å². The molecule has 1 aliphatic carbocycles. The van der Waals surface area contributed by atoms with E-state index in [0.717, 1.165) is 11.8 Å². The lowest BCUT2D eigenvalue weighted by Gasteiger charge is -2.37. The number of amides is 1. The lowest BCUT2D eigenvalue weighted by atomic mass is 9.66. The number of hydrogen-bond donors (Lipinski definition) is 2. The van der Waals surface area contributed by atoms with Gasteiger partial charge in [0.05, 0.1) is 18.1 Å². The smallest absolute Gasteiger partial charge is 0.310 e. The van der Waals surface area contributed by atoms with Gasteiger partial charge in [0.25, 0.3) is 0 Å². The van der Waals surface area contributed by atoms with Crippen LogP contribution in [0, 0.1) is 5.41 Å². The number of carbonyl (C=O) groups is 2. The molecule has 1 fully saturated rings. The van der Waals surface area contributed by atoms with Gasteiger partial charge in [0.2, 0.25) is 5.91 Å². The highest BCUT2D eigenvalue weighted by Crippen LogP contribution is 2.44. The number of nitrogens with one attached hydrogen (secondary N) is 1. The van der Waals surface area contributed by atoms with Crippen molar-refractivity contribution in [2.24, 2.45) is 5.41 Å². The molecule has 1 saturated carbocycles. The molecule has 0 saturated heterocycles. The number of para-hydroxylation sites is 1. The molecule has 1 unspecified atom stereocenters. The van der Waals surface area contributed by atoms with E-state index in [-0.39, 0.29) is 18.4 Å². The topological polar surface area (TPSA) is 88.8 Å². The average molecular weight is 345 g/mol. The minimum absolute atomic E-state index is 0.0110. The van der Waals surface area contributed by atoms with Crippen molar-refractivity contribution in [2.45, 2.75) is 45.6 Å². The summed E-state index contributed by atoms with van der Waals surface area (Å²) in [6, 6.07) is 7.19. The van der Waals surface area contributed by atoms with Crippen molar-refractivity contribution in [1.29, 1.82) is 0 Å². The van der Waals surface area contributed by atoms with Gasteiger partial charge in [0.15, 0.2) is 11.3 Å². The molecule has 0 spiro atoms. The first-order valence-corrected chi connectivity index (χ1v) is 8.63. The Morgan fingerprint density at radius 2 is 2.16 bits per heavy atom. The molecule has 0 bridgehead atoms. The fraction of sp³-hybridized carbons (Fsp3) is 0.474. The first kappa shape index (κ1) is 17.3. The SMILES string of the molecule is CCOc1cccc2cc(C(C)NC(=O)CC3(C(=O)O)CCC3)oc12. The van der Waals surface area contributed by atoms with E-state index in [9.17, 15) is 14.7 Å². The molecule has 25 heavy (non-hydrogen) atoms. The van der Waals surface area contributed by atoms with Gasteiger partial charge in [-0.2, -0.15) is 0 Å². The van der Waals surface area contributed by atoms with Crippen molar-refractivity contribution in [3.63, 3.8) is 0 Å². The van der Waals surface area contributed by atoms with Crippen LogP contribution < -0.4 is 10.1 Å². The van der Waals surface area contributed by atoms with Gasteiger partial charge in [-0.1, -0.05) is 18.6 Å². The Bertz CT molecular complexity index is 790. The predicted molar refractivity (Wildman–Crippen MR) is 92.5 cm³/mol. The second kappa shape index (κ2) is 6.78. The summed E-state index contributed by atoms with van der Waals surface area (Å²) in [5.41, 5.74) is -0.235. The summed E-state index contributed by atoms with van der Waals surface area (Å²) in [6.45, 7) is 4.27. The number of benzene rings is 1. The monoisotopic (exact) mass is 345 g/mol. The maximum absolute atomic E-state index is 12.3. The summed E-state index contributed by atoms with van der Waals surface area (Å²) in [4.78, 5) is 23.7. The van der Waals surface area contributed by atoms with Crippen molar-refractivity contribution in [1.82, 2.24) is 5.32 Å². The third-order valence-electron chi connectivity index (χ3n) is 4.89. The third-order valence-corrected chi connectivity index (χ3v) is 4.89. The highest BCUT2D eigenvalue weighted by atomic mass is 16.5. The second-order valence-electron chi connectivity index (χ2n) is 6.66. The Morgan fingerprint density at radius 3 is 2.76 bits per heavy atom. The largest absolute Gasteiger partial charge is 0.490 e. The minimum Gasteiger partial charge on any atom is -0.490 e. The van der Waals surface area contributed by atoms with Gasteiger partial charge in [-0.3, -0.25) is 9.59 Å². The second-order valence-corrected chi connectivity index (χ2v) is 6.66. The van der Waals surface area contributed by atoms with Crippen LogP contribution >= 0.6 is 0 Å². The maximum atomic E-state index is 12.3. The molecule has 0 radical (unpaired) electrons. The van der Waals surface area contributed by atoms with Crippen molar-refractivity contribution in [3.05, 3.63) is 30.0 Å². The van der Waals surface area contributed by atoms with Crippen molar-refractivity contribution in [2.75, 3.05) is 6.61 Å². The number of carbonyl (C=O) groups excluding carboxylic acids is 1. The van der Waals surface area contributed by atoms with Gasteiger partial charge in [0, 0.05) is 11.8 Å². The Morgan fingerprint density at radius 1 is 1.40 bits per heavy atom. The van der Waals surface area contributed by atoms with Gasteiger partial charge in [0.1, 0.15) is 5.76 Å². The predicted octanol–water partition coefficient (Wildman–Crippen LogP) is 3.65. The lowest BCUT2D eigenvalue weighted by molar-refractivity contribution is -0.157. The number of aliphatic carboxylic acids is 1. The summed E-state index contributed by atoms with van der Waals surface area (Å²) < 4.78 is 11.4. The molecule has 134 valence electrons. The van der Waals surface area contributed by atoms with Crippen LogP contribution in [0.5, 0.6) is 5.75 Å². The number of ether oxygens (including phenoxy) is 1. The molecule has 1 aromatic heterocycles. The summed E-state index contributed by atoms with van der Waals surface area (Å²) in [5, 5.41) is 13.1. The molecule has 2 aromatic rings. The Balaban J connectivity index is 1.71. The maximum Gasteiger partial charge on any atom is 0.310 e. The van der Waals surface area contributed by atoms with Crippen LogP contribution in [0.2, 0.25) is 0 Å². The van der Waals surface area contributed by atoms with Crippen LogP contribution in [0.1, 0.15) is 51.3 Å². The van der Waals surface area contributed by atoms with Gasteiger partial charge in [-0.15, -0.1) is 0 Å². The molecule has 6 heteroatoms. The number of carboxylic acids is 1. The molecule has 6 nitrogen and oxygen atoms in total. The zero-order valence-electron chi connectivity index (χ0n) is 14.5. The van der Waals surface area contributed by atoms with E-state index in [0.29, 0.717) is 36.5 Å². The zero-order valence-corrected chi connectivity index (χ0v) is 14.5. The highest BCUT2D eigenvalue weighted by molar-refractivity contribution is 5.86. The Kier molecular flexibility index (Phi) is 4.70. The van der Waals surface area contributed by atoms with Gasteiger partial charge >= 0.3 is 5.97 Å². The van der Waals surface area contributed by atoms with Crippen molar-refractivity contribution < 1.29 is 23.8 Å². The minimum atomic E-state index is -0.889. The number of fused-ring (bicyclic) bond motifs is 1. The number of furan rings is 1. The number of carboxylic acid groups (broad SMARTS) is 1. The molecular formula is C19H23NO5. The molecule has 2 N–H and O–H groups in total. The molecule has 0 aliphatic heterocycles. The van der Waals surface area contributed by atoms with Gasteiger partial charge < -0.3 is 19.6 Å². The zero-order chi connectivity index (χ0) is 18.0. The molecule has 3 rings (SSSR count). The highest BCUT2D eigenvalue weighted by Gasteiger charge is 2.46. The van der Waals surface area contributed by atoms with E-state index in [1.165, 1.54) is 0 Å². The van der Waals surface area contributed by atoms with Gasteiger partial charge in [-0.05, 0) is 38.8 Å².